The number of benzene rings is 1. The van der Waals surface area contributed by atoms with E-state index < -0.39 is 0 Å². The summed E-state index contributed by atoms with van der Waals surface area (Å²) >= 11 is 0. The predicted octanol–water partition coefficient (Wildman–Crippen LogP) is 2.43. The highest BCUT2D eigenvalue weighted by Gasteiger charge is 2.12. The molecule has 1 aromatic carbocycles. The van der Waals surface area contributed by atoms with Gasteiger partial charge in [-0.1, -0.05) is 6.92 Å². The van der Waals surface area contributed by atoms with Crippen molar-refractivity contribution in [3.8, 4) is 5.75 Å². The van der Waals surface area contributed by atoms with Gasteiger partial charge in [-0.05, 0) is 25.1 Å². The molecule has 16 heavy (non-hydrogen) atoms. The van der Waals surface area contributed by atoms with Gasteiger partial charge in [0.1, 0.15) is 5.75 Å². The van der Waals surface area contributed by atoms with Crippen LogP contribution in [0.3, 0.4) is 0 Å². The second-order valence-electron chi connectivity index (χ2n) is 4.19. The van der Waals surface area contributed by atoms with Crippen molar-refractivity contribution >= 4 is 10.9 Å². The minimum Gasteiger partial charge on any atom is -0.508 e. The van der Waals surface area contributed by atoms with E-state index in [1.54, 1.807) is 6.07 Å². The van der Waals surface area contributed by atoms with Crippen LogP contribution in [-0.2, 0) is 6.54 Å². The van der Waals surface area contributed by atoms with Gasteiger partial charge in [-0.3, -0.25) is 0 Å². The number of fused-ring (bicyclic) bond motifs is 1. The van der Waals surface area contributed by atoms with Gasteiger partial charge in [-0.15, -0.1) is 0 Å². The maximum absolute atomic E-state index is 9.52. The molecule has 2 rings (SSSR count). The standard InChI is InChI=1S/C13H18N2O/c1-3-15-12(9(2)8-14)6-10-4-5-11(16)7-13(10)15/h4-7,9,16H,3,8,14H2,1-2H3. The molecule has 1 aromatic heterocycles. The van der Waals surface area contributed by atoms with Crippen LogP contribution < -0.4 is 5.73 Å². The number of rotatable bonds is 3. The molecule has 3 heteroatoms. The Bertz CT molecular complexity index is 502. The van der Waals surface area contributed by atoms with E-state index in [2.05, 4.69) is 24.5 Å². The van der Waals surface area contributed by atoms with Gasteiger partial charge in [0.15, 0.2) is 0 Å². The summed E-state index contributed by atoms with van der Waals surface area (Å²) in [6.45, 7) is 5.77. The van der Waals surface area contributed by atoms with E-state index in [1.807, 2.05) is 12.1 Å². The number of aromatic nitrogens is 1. The van der Waals surface area contributed by atoms with E-state index in [9.17, 15) is 5.11 Å². The summed E-state index contributed by atoms with van der Waals surface area (Å²) in [7, 11) is 0. The molecule has 2 aromatic rings. The largest absolute Gasteiger partial charge is 0.508 e. The Labute approximate surface area is 95.5 Å². The van der Waals surface area contributed by atoms with Crippen molar-refractivity contribution in [2.75, 3.05) is 6.54 Å². The van der Waals surface area contributed by atoms with E-state index in [0.29, 0.717) is 18.2 Å². The van der Waals surface area contributed by atoms with Gasteiger partial charge in [0.25, 0.3) is 0 Å². The van der Waals surface area contributed by atoms with E-state index in [4.69, 9.17) is 5.73 Å². The highest BCUT2D eigenvalue weighted by atomic mass is 16.3. The van der Waals surface area contributed by atoms with Gasteiger partial charge in [0.2, 0.25) is 0 Å². The van der Waals surface area contributed by atoms with Crippen LogP contribution in [-0.4, -0.2) is 16.2 Å². The number of aromatic hydroxyl groups is 1. The maximum Gasteiger partial charge on any atom is 0.117 e. The third-order valence-electron chi connectivity index (χ3n) is 3.09. The number of nitrogens with zero attached hydrogens (tertiary/aromatic N) is 1. The minimum atomic E-state index is 0.312. The van der Waals surface area contributed by atoms with Gasteiger partial charge < -0.3 is 15.4 Å². The number of phenols is 1. The number of aryl methyl sites for hydroxylation is 1. The first-order valence-electron chi connectivity index (χ1n) is 5.69. The van der Waals surface area contributed by atoms with Crippen molar-refractivity contribution in [3.63, 3.8) is 0 Å². The van der Waals surface area contributed by atoms with Crippen molar-refractivity contribution in [1.29, 1.82) is 0 Å². The highest BCUT2D eigenvalue weighted by molar-refractivity contribution is 5.83. The number of hydrogen-bond acceptors (Lipinski definition) is 2. The zero-order valence-electron chi connectivity index (χ0n) is 9.77. The number of nitrogens with two attached hydrogens (primary N) is 1. The van der Waals surface area contributed by atoms with Crippen molar-refractivity contribution in [1.82, 2.24) is 4.57 Å². The van der Waals surface area contributed by atoms with Crippen molar-refractivity contribution in [2.24, 2.45) is 5.73 Å². The highest BCUT2D eigenvalue weighted by Crippen LogP contribution is 2.27. The SMILES string of the molecule is CCn1c(C(C)CN)cc2ccc(O)cc21. The zero-order chi connectivity index (χ0) is 11.7. The van der Waals surface area contributed by atoms with Gasteiger partial charge in [-0.25, -0.2) is 0 Å². The zero-order valence-corrected chi connectivity index (χ0v) is 9.77. The molecular weight excluding hydrogens is 200 g/mol. The molecule has 0 aliphatic heterocycles. The first kappa shape index (κ1) is 11.0. The topological polar surface area (TPSA) is 51.2 Å². The van der Waals surface area contributed by atoms with Crippen molar-refractivity contribution in [3.05, 3.63) is 30.0 Å². The summed E-state index contributed by atoms with van der Waals surface area (Å²) in [5.41, 5.74) is 8.04. The summed E-state index contributed by atoms with van der Waals surface area (Å²) in [5, 5.41) is 10.7. The van der Waals surface area contributed by atoms with Gasteiger partial charge in [0, 0.05) is 36.2 Å². The van der Waals surface area contributed by atoms with E-state index in [1.165, 1.54) is 5.69 Å². The first-order valence-corrected chi connectivity index (χ1v) is 5.69. The molecule has 86 valence electrons. The molecule has 0 saturated carbocycles. The van der Waals surface area contributed by atoms with Crippen LogP contribution in [0.15, 0.2) is 24.3 Å². The Morgan fingerprint density at radius 3 is 2.75 bits per heavy atom. The lowest BCUT2D eigenvalue weighted by Gasteiger charge is -2.12. The Morgan fingerprint density at radius 2 is 2.12 bits per heavy atom. The van der Waals surface area contributed by atoms with Gasteiger partial charge >= 0.3 is 0 Å². The molecule has 3 nitrogen and oxygen atoms in total. The van der Waals surface area contributed by atoms with Crippen LogP contribution in [0.5, 0.6) is 5.75 Å². The lowest BCUT2D eigenvalue weighted by Crippen LogP contribution is -2.13. The average Bonchev–Trinajstić information content (AvgIpc) is 2.65. The van der Waals surface area contributed by atoms with Crippen LogP contribution in [0.1, 0.15) is 25.5 Å². The van der Waals surface area contributed by atoms with Crippen LogP contribution in [0.2, 0.25) is 0 Å². The maximum atomic E-state index is 9.52. The van der Waals surface area contributed by atoms with Gasteiger partial charge in [-0.2, -0.15) is 0 Å². The summed E-state index contributed by atoms with van der Waals surface area (Å²) < 4.78 is 2.21. The van der Waals surface area contributed by atoms with Gasteiger partial charge in [0.05, 0.1) is 5.52 Å². The molecule has 0 aliphatic rings. The average molecular weight is 218 g/mol. The second kappa shape index (κ2) is 4.18. The van der Waals surface area contributed by atoms with Crippen LogP contribution in [0.25, 0.3) is 10.9 Å². The lowest BCUT2D eigenvalue weighted by molar-refractivity contribution is 0.476. The third-order valence-corrected chi connectivity index (χ3v) is 3.09. The summed E-state index contributed by atoms with van der Waals surface area (Å²) in [6, 6.07) is 7.64. The van der Waals surface area contributed by atoms with E-state index >= 15 is 0 Å². The molecule has 0 amide bonds. The monoisotopic (exact) mass is 218 g/mol. The summed E-state index contributed by atoms with van der Waals surface area (Å²) in [4.78, 5) is 0. The molecule has 1 unspecified atom stereocenters. The summed E-state index contributed by atoms with van der Waals surface area (Å²) in [6.07, 6.45) is 0. The van der Waals surface area contributed by atoms with Crippen molar-refractivity contribution < 1.29 is 5.11 Å². The third kappa shape index (κ3) is 1.67. The first-order chi connectivity index (χ1) is 7.67. The molecule has 1 atom stereocenters. The lowest BCUT2D eigenvalue weighted by atomic mass is 10.1. The van der Waals surface area contributed by atoms with Crippen LogP contribution in [0, 0.1) is 0 Å². The van der Waals surface area contributed by atoms with Crippen LogP contribution >= 0.6 is 0 Å². The molecule has 1 heterocycles. The quantitative estimate of drug-likeness (QED) is 0.831. The molecule has 0 bridgehead atoms. The molecule has 0 saturated heterocycles. The molecule has 0 radical (unpaired) electrons. The fraction of sp³-hybridized carbons (Fsp3) is 0.385. The van der Waals surface area contributed by atoms with Crippen molar-refractivity contribution in [2.45, 2.75) is 26.3 Å². The predicted molar refractivity (Wildman–Crippen MR) is 66.7 cm³/mol. The minimum absolute atomic E-state index is 0.312. The summed E-state index contributed by atoms with van der Waals surface area (Å²) in [5.74, 6) is 0.654. The number of hydrogen-bond donors (Lipinski definition) is 2. The fourth-order valence-electron chi connectivity index (χ4n) is 2.15. The van der Waals surface area contributed by atoms with Crippen LogP contribution in [0.4, 0.5) is 0 Å². The van der Waals surface area contributed by atoms with E-state index in [0.717, 1.165) is 17.4 Å². The fourth-order valence-corrected chi connectivity index (χ4v) is 2.15. The Morgan fingerprint density at radius 1 is 1.38 bits per heavy atom. The number of phenolic OH excluding ortho intramolecular Hbond substituents is 1. The molecule has 3 N–H and O–H groups in total. The molecular formula is C13H18N2O. The molecule has 0 fully saturated rings. The van der Waals surface area contributed by atoms with E-state index in [-0.39, 0.29) is 0 Å². The Kier molecular flexibility index (Phi) is 2.88. The molecule has 0 spiro atoms. The molecule has 0 aliphatic carbocycles. The normalized spacial score (nSPS) is 13.2. The Hall–Kier alpha value is -1.48. The smallest absolute Gasteiger partial charge is 0.117 e. The second-order valence-corrected chi connectivity index (χ2v) is 4.19. The Balaban J connectivity index is 2.66.